The van der Waals surface area contributed by atoms with Crippen molar-refractivity contribution in [3.05, 3.63) is 23.8 Å². The van der Waals surface area contributed by atoms with Crippen molar-refractivity contribution in [3.8, 4) is 11.5 Å². The molecule has 1 aliphatic rings. The molecule has 0 aliphatic carbocycles. The van der Waals surface area contributed by atoms with Crippen LogP contribution < -0.4 is 14.8 Å². The molecule has 1 aliphatic heterocycles. The zero-order valence-electron chi connectivity index (χ0n) is 12.9. The summed E-state index contributed by atoms with van der Waals surface area (Å²) in [5.74, 6) is 1.71. The summed E-state index contributed by atoms with van der Waals surface area (Å²) in [7, 11) is 1.75. The van der Waals surface area contributed by atoms with Crippen molar-refractivity contribution < 1.29 is 14.2 Å². The van der Waals surface area contributed by atoms with Gasteiger partial charge in [-0.2, -0.15) is 0 Å². The molecule has 2 rings (SSSR count). The van der Waals surface area contributed by atoms with Gasteiger partial charge in [-0.1, -0.05) is 6.07 Å². The Hall–Kier alpha value is -1.26. The zero-order valence-corrected chi connectivity index (χ0v) is 12.9. The third kappa shape index (κ3) is 4.12. The number of rotatable bonds is 7. The topological polar surface area (TPSA) is 39.7 Å². The number of hydrogen-bond acceptors (Lipinski definition) is 4. The van der Waals surface area contributed by atoms with Crippen LogP contribution in [0.5, 0.6) is 11.5 Å². The summed E-state index contributed by atoms with van der Waals surface area (Å²) in [5.41, 5.74) is 1.17. The largest absolute Gasteiger partial charge is 0.454 e. The van der Waals surface area contributed by atoms with Gasteiger partial charge in [-0.25, -0.2) is 0 Å². The summed E-state index contributed by atoms with van der Waals surface area (Å²) in [4.78, 5) is 0. The van der Waals surface area contributed by atoms with E-state index in [1.807, 2.05) is 6.07 Å². The molecular formula is C16H25NO3. The van der Waals surface area contributed by atoms with E-state index < -0.39 is 0 Å². The number of fused-ring (bicyclic) bond motifs is 1. The molecule has 1 N–H and O–H groups in total. The molecular weight excluding hydrogens is 254 g/mol. The molecule has 1 unspecified atom stereocenters. The maximum absolute atomic E-state index is 5.41. The number of benzene rings is 1. The molecule has 0 bridgehead atoms. The molecule has 1 aromatic carbocycles. The first-order valence-corrected chi connectivity index (χ1v) is 7.17. The smallest absolute Gasteiger partial charge is 0.231 e. The fourth-order valence-corrected chi connectivity index (χ4v) is 2.07. The van der Waals surface area contributed by atoms with Crippen LogP contribution in [0.4, 0.5) is 0 Å². The highest BCUT2D eigenvalue weighted by Crippen LogP contribution is 2.32. The quantitative estimate of drug-likeness (QED) is 0.833. The Labute approximate surface area is 121 Å². The van der Waals surface area contributed by atoms with Crippen molar-refractivity contribution in [3.63, 3.8) is 0 Å². The lowest BCUT2D eigenvalue weighted by molar-refractivity contribution is 0.0213. The molecule has 1 atom stereocenters. The summed E-state index contributed by atoms with van der Waals surface area (Å²) in [6.07, 6.45) is 2.11. The maximum Gasteiger partial charge on any atom is 0.231 e. The van der Waals surface area contributed by atoms with Crippen LogP contribution in [0.2, 0.25) is 0 Å². The van der Waals surface area contributed by atoms with Crippen LogP contribution >= 0.6 is 0 Å². The monoisotopic (exact) mass is 279 g/mol. The Morgan fingerprint density at radius 3 is 2.80 bits per heavy atom. The molecule has 0 fully saturated rings. The summed E-state index contributed by atoms with van der Waals surface area (Å²) in [6, 6.07) is 6.63. The normalized spacial score (nSPS) is 15.4. The molecule has 4 nitrogen and oxygen atoms in total. The van der Waals surface area contributed by atoms with Crippen molar-refractivity contribution in [2.45, 2.75) is 45.3 Å². The van der Waals surface area contributed by atoms with Crippen LogP contribution in [0.25, 0.3) is 0 Å². The van der Waals surface area contributed by atoms with E-state index in [1.165, 1.54) is 5.56 Å². The van der Waals surface area contributed by atoms with Crippen LogP contribution in [0.3, 0.4) is 0 Å². The van der Waals surface area contributed by atoms with Crippen LogP contribution in [-0.2, 0) is 11.2 Å². The van der Waals surface area contributed by atoms with E-state index in [-0.39, 0.29) is 5.60 Å². The average molecular weight is 279 g/mol. The lowest BCUT2D eigenvalue weighted by Crippen LogP contribution is -2.40. The SMILES string of the molecule is COC(C)(C)CNC(C)CCc1ccc2c(c1)OCO2. The number of nitrogens with one attached hydrogen (secondary N) is 1. The molecule has 0 saturated heterocycles. The highest BCUT2D eigenvalue weighted by molar-refractivity contribution is 5.44. The second kappa shape index (κ2) is 6.46. The highest BCUT2D eigenvalue weighted by Gasteiger charge is 2.17. The Balaban J connectivity index is 1.77. The Kier molecular flexibility index (Phi) is 4.89. The first-order valence-electron chi connectivity index (χ1n) is 7.17. The van der Waals surface area contributed by atoms with Gasteiger partial charge in [0.15, 0.2) is 11.5 Å². The molecule has 0 spiro atoms. The summed E-state index contributed by atoms with van der Waals surface area (Å²) < 4.78 is 16.1. The van der Waals surface area contributed by atoms with Crippen LogP contribution in [-0.4, -0.2) is 32.1 Å². The standard InChI is InChI=1S/C16H25NO3/c1-12(17-10-16(2,3)18-4)5-6-13-7-8-14-15(9-13)20-11-19-14/h7-9,12,17H,5-6,10-11H2,1-4H3. The highest BCUT2D eigenvalue weighted by atomic mass is 16.7. The van der Waals surface area contributed by atoms with E-state index in [9.17, 15) is 0 Å². The number of hydrogen-bond donors (Lipinski definition) is 1. The fourth-order valence-electron chi connectivity index (χ4n) is 2.07. The summed E-state index contributed by atoms with van der Waals surface area (Å²) in [6.45, 7) is 7.57. The molecule has 1 heterocycles. The summed E-state index contributed by atoms with van der Waals surface area (Å²) in [5, 5.41) is 3.52. The Morgan fingerprint density at radius 2 is 2.05 bits per heavy atom. The summed E-state index contributed by atoms with van der Waals surface area (Å²) >= 11 is 0. The number of ether oxygens (including phenoxy) is 3. The predicted molar refractivity (Wildman–Crippen MR) is 79.4 cm³/mol. The van der Waals surface area contributed by atoms with Crippen molar-refractivity contribution in [2.75, 3.05) is 20.4 Å². The van der Waals surface area contributed by atoms with Gasteiger partial charge in [0, 0.05) is 19.7 Å². The maximum atomic E-state index is 5.41. The van der Waals surface area contributed by atoms with Gasteiger partial charge in [-0.3, -0.25) is 0 Å². The molecule has 0 aromatic heterocycles. The minimum atomic E-state index is -0.118. The minimum Gasteiger partial charge on any atom is -0.454 e. The van der Waals surface area contributed by atoms with Gasteiger partial charge in [0.2, 0.25) is 6.79 Å². The fraction of sp³-hybridized carbons (Fsp3) is 0.625. The van der Waals surface area contributed by atoms with E-state index in [2.05, 4.69) is 38.2 Å². The van der Waals surface area contributed by atoms with Crippen LogP contribution in [0, 0.1) is 0 Å². The van der Waals surface area contributed by atoms with Crippen LogP contribution in [0.15, 0.2) is 18.2 Å². The van der Waals surface area contributed by atoms with Crippen LogP contribution in [0.1, 0.15) is 32.8 Å². The van der Waals surface area contributed by atoms with E-state index in [4.69, 9.17) is 14.2 Å². The van der Waals surface area contributed by atoms with Gasteiger partial charge in [0.25, 0.3) is 0 Å². The van der Waals surface area contributed by atoms with E-state index in [1.54, 1.807) is 7.11 Å². The zero-order chi connectivity index (χ0) is 14.6. The number of methoxy groups -OCH3 is 1. The molecule has 1 aromatic rings. The molecule has 0 radical (unpaired) electrons. The second-order valence-corrected chi connectivity index (χ2v) is 5.97. The molecule has 112 valence electrons. The molecule has 20 heavy (non-hydrogen) atoms. The first kappa shape index (κ1) is 15.1. The number of aryl methyl sites for hydroxylation is 1. The predicted octanol–water partition coefficient (Wildman–Crippen LogP) is 2.75. The van der Waals surface area contributed by atoms with E-state index >= 15 is 0 Å². The molecule has 0 amide bonds. The van der Waals surface area contributed by atoms with Gasteiger partial charge >= 0.3 is 0 Å². The van der Waals surface area contributed by atoms with Crippen molar-refractivity contribution in [1.29, 1.82) is 0 Å². The van der Waals surface area contributed by atoms with Crippen molar-refractivity contribution >= 4 is 0 Å². The van der Waals surface area contributed by atoms with Gasteiger partial charge in [0.05, 0.1) is 5.60 Å². The third-order valence-electron chi connectivity index (χ3n) is 3.73. The first-order chi connectivity index (χ1) is 9.50. The minimum absolute atomic E-state index is 0.118. The van der Waals surface area contributed by atoms with E-state index in [0.717, 1.165) is 30.9 Å². The lowest BCUT2D eigenvalue weighted by atomic mass is 10.0. The molecule has 4 heteroatoms. The Bertz CT molecular complexity index is 445. The Morgan fingerprint density at radius 1 is 1.30 bits per heavy atom. The molecule has 0 saturated carbocycles. The average Bonchev–Trinajstić information content (AvgIpc) is 2.90. The lowest BCUT2D eigenvalue weighted by Gasteiger charge is -2.25. The van der Waals surface area contributed by atoms with Crippen molar-refractivity contribution in [2.24, 2.45) is 0 Å². The van der Waals surface area contributed by atoms with E-state index in [0.29, 0.717) is 12.8 Å². The van der Waals surface area contributed by atoms with Gasteiger partial charge in [0.1, 0.15) is 0 Å². The van der Waals surface area contributed by atoms with Crippen molar-refractivity contribution in [1.82, 2.24) is 5.32 Å². The van der Waals surface area contributed by atoms with Gasteiger partial charge in [-0.05, 0) is 51.3 Å². The van der Waals surface area contributed by atoms with Gasteiger partial charge < -0.3 is 19.5 Å². The third-order valence-corrected chi connectivity index (χ3v) is 3.73. The van der Waals surface area contributed by atoms with Gasteiger partial charge in [-0.15, -0.1) is 0 Å². The second-order valence-electron chi connectivity index (χ2n) is 5.97.